The van der Waals surface area contributed by atoms with E-state index in [2.05, 4.69) is 57.5 Å². The molecule has 2 aromatic heterocycles. The number of nitrogens with one attached hydrogen (secondary N) is 1. The van der Waals surface area contributed by atoms with Crippen LogP contribution in [0.25, 0.3) is 10.8 Å². The zero-order valence-electron chi connectivity index (χ0n) is 19.1. The van der Waals surface area contributed by atoms with Gasteiger partial charge in [-0.05, 0) is 63.9 Å². The maximum atomic E-state index is 9.39. The number of aromatic nitrogens is 3. The zero-order chi connectivity index (χ0) is 22.4. The Labute approximate surface area is 189 Å². The molecular weight excluding hydrogens is 398 g/mol. The van der Waals surface area contributed by atoms with Gasteiger partial charge in [0.25, 0.3) is 0 Å². The summed E-state index contributed by atoms with van der Waals surface area (Å²) in [6, 6.07) is 11.4. The lowest BCUT2D eigenvalue weighted by atomic mass is 9.91. The van der Waals surface area contributed by atoms with Crippen LogP contribution in [0.4, 0.5) is 11.6 Å². The van der Waals surface area contributed by atoms with Crippen molar-refractivity contribution in [2.45, 2.75) is 51.7 Å². The number of nitrogens with zero attached hydrogens (tertiary/aromatic N) is 6. The van der Waals surface area contributed by atoms with Gasteiger partial charge in [-0.2, -0.15) is 10.4 Å². The lowest BCUT2D eigenvalue weighted by Gasteiger charge is -2.50. The van der Waals surface area contributed by atoms with Crippen molar-refractivity contribution < 1.29 is 0 Å². The Kier molecular flexibility index (Phi) is 5.18. The number of benzene rings is 1. The maximum absolute atomic E-state index is 9.39. The van der Waals surface area contributed by atoms with Crippen molar-refractivity contribution >= 4 is 22.4 Å². The number of rotatable bonds is 4. The van der Waals surface area contributed by atoms with Crippen molar-refractivity contribution in [1.29, 1.82) is 5.26 Å². The lowest BCUT2D eigenvalue weighted by Crippen LogP contribution is -2.61. The first-order valence-corrected chi connectivity index (χ1v) is 11.3. The second kappa shape index (κ2) is 8.03. The second-order valence-corrected chi connectivity index (χ2v) is 9.20. The highest BCUT2D eigenvalue weighted by Crippen LogP contribution is 2.34. The van der Waals surface area contributed by atoms with E-state index >= 15 is 0 Å². The molecule has 3 saturated heterocycles. The number of piperidine rings is 2. The van der Waals surface area contributed by atoms with Crippen molar-refractivity contribution in [3.05, 3.63) is 52.8 Å². The van der Waals surface area contributed by atoms with Gasteiger partial charge < -0.3 is 10.2 Å². The summed E-state index contributed by atoms with van der Waals surface area (Å²) in [6.07, 6.45) is 4.43. The van der Waals surface area contributed by atoms with Crippen molar-refractivity contribution in [3.63, 3.8) is 0 Å². The summed E-state index contributed by atoms with van der Waals surface area (Å²) in [7, 11) is 2.23. The standard InChI is InChI=1S/C25H29N7/c1-15-18(11-26)6-5-7-21(15)16(2)28-25-22-10-24(27-12-23(22)17(3)29-30-25)32-14-19-8-9-20(32)13-31(19)4/h5-7,10,12,16,19-20H,8-9,13-14H2,1-4H3,(H,28,30)/t16-,19-,20-/m1/s1. The molecule has 0 spiro atoms. The van der Waals surface area contributed by atoms with E-state index in [1.165, 1.54) is 12.8 Å². The third-order valence-electron chi connectivity index (χ3n) is 7.25. The van der Waals surface area contributed by atoms with Gasteiger partial charge in [0.15, 0.2) is 5.82 Å². The number of nitriles is 1. The molecule has 0 amide bonds. The summed E-state index contributed by atoms with van der Waals surface area (Å²) >= 11 is 0. The molecule has 7 heteroatoms. The summed E-state index contributed by atoms with van der Waals surface area (Å²) in [5, 5.41) is 23.9. The molecule has 6 rings (SSSR count). The van der Waals surface area contributed by atoms with E-state index in [4.69, 9.17) is 4.98 Å². The minimum absolute atomic E-state index is 0.0141. The number of anilines is 2. The van der Waals surface area contributed by atoms with E-state index in [9.17, 15) is 5.26 Å². The Morgan fingerprint density at radius 1 is 1.12 bits per heavy atom. The van der Waals surface area contributed by atoms with Gasteiger partial charge in [-0.1, -0.05) is 12.1 Å². The van der Waals surface area contributed by atoms with Crippen LogP contribution in [0.5, 0.6) is 0 Å². The monoisotopic (exact) mass is 427 g/mol. The number of aryl methyl sites for hydroxylation is 1. The molecule has 7 nitrogen and oxygen atoms in total. The summed E-state index contributed by atoms with van der Waals surface area (Å²) in [5.41, 5.74) is 3.66. The molecule has 32 heavy (non-hydrogen) atoms. The fourth-order valence-corrected chi connectivity index (χ4v) is 5.27. The first-order chi connectivity index (χ1) is 15.5. The van der Waals surface area contributed by atoms with Crippen LogP contribution in [0.1, 0.15) is 48.2 Å². The topological polar surface area (TPSA) is 81.0 Å². The molecule has 164 valence electrons. The molecule has 3 aromatic rings. The Morgan fingerprint density at radius 2 is 1.94 bits per heavy atom. The molecule has 0 saturated carbocycles. The molecular formula is C25H29N7. The van der Waals surface area contributed by atoms with E-state index in [1.807, 2.05) is 32.2 Å². The molecule has 1 N–H and O–H groups in total. The van der Waals surface area contributed by atoms with Crippen LogP contribution >= 0.6 is 0 Å². The van der Waals surface area contributed by atoms with Gasteiger partial charge in [-0.15, -0.1) is 5.10 Å². The zero-order valence-corrected chi connectivity index (χ0v) is 19.1. The molecule has 0 aliphatic carbocycles. The number of likely N-dealkylation sites (N-methyl/N-ethyl adjacent to an activating group) is 1. The van der Waals surface area contributed by atoms with Gasteiger partial charge in [-0.3, -0.25) is 4.90 Å². The van der Waals surface area contributed by atoms with Crippen LogP contribution in [-0.4, -0.2) is 52.3 Å². The predicted octanol–water partition coefficient (Wildman–Crippen LogP) is 3.97. The quantitative estimate of drug-likeness (QED) is 0.675. The average Bonchev–Trinajstić information content (AvgIpc) is 2.81. The Balaban J connectivity index is 1.51. The number of hydrogen-bond donors (Lipinski definition) is 1. The van der Waals surface area contributed by atoms with Crippen molar-refractivity contribution in [1.82, 2.24) is 20.1 Å². The summed E-state index contributed by atoms with van der Waals surface area (Å²) < 4.78 is 0. The number of pyridine rings is 1. The van der Waals surface area contributed by atoms with Gasteiger partial charge in [0.2, 0.25) is 0 Å². The SMILES string of the molecule is Cc1c(C#N)cccc1[C@@H](C)Nc1nnc(C)c2cnc(N3C[C@H]4CC[C@@H]3CN4C)cc12. The van der Waals surface area contributed by atoms with Gasteiger partial charge in [-0.25, -0.2) is 4.98 Å². The van der Waals surface area contributed by atoms with Crippen molar-refractivity contribution in [2.75, 3.05) is 30.4 Å². The third-order valence-corrected chi connectivity index (χ3v) is 7.25. The molecule has 5 heterocycles. The van der Waals surface area contributed by atoms with Gasteiger partial charge in [0, 0.05) is 42.1 Å². The Morgan fingerprint density at radius 3 is 2.66 bits per heavy atom. The van der Waals surface area contributed by atoms with E-state index in [0.29, 0.717) is 17.6 Å². The van der Waals surface area contributed by atoms with E-state index in [0.717, 1.165) is 52.3 Å². The number of piperazine rings is 1. The first-order valence-electron chi connectivity index (χ1n) is 11.3. The van der Waals surface area contributed by atoms with E-state index in [-0.39, 0.29) is 6.04 Å². The first kappa shape index (κ1) is 20.7. The molecule has 3 fully saturated rings. The van der Waals surface area contributed by atoms with Crippen LogP contribution in [0, 0.1) is 25.2 Å². The van der Waals surface area contributed by atoms with E-state index in [1.54, 1.807) is 0 Å². The van der Waals surface area contributed by atoms with Crippen LogP contribution < -0.4 is 10.2 Å². The fourth-order valence-electron chi connectivity index (χ4n) is 5.27. The average molecular weight is 428 g/mol. The van der Waals surface area contributed by atoms with Gasteiger partial charge >= 0.3 is 0 Å². The smallest absolute Gasteiger partial charge is 0.157 e. The summed E-state index contributed by atoms with van der Waals surface area (Å²) in [4.78, 5) is 9.78. The maximum Gasteiger partial charge on any atom is 0.157 e. The molecule has 3 aliphatic rings. The van der Waals surface area contributed by atoms with E-state index < -0.39 is 0 Å². The molecule has 3 atom stereocenters. The fraction of sp³-hybridized carbons (Fsp3) is 0.440. The third kappa shape index (κ3) is 3.45. The van der Waals surface area contributed by atoms with Crippen LogP contribution in [0.3, 0.4) is 0 Å². The number of hydrogen-bond acceptors (Lipinski definition) is 7. The van der Waals surface area contributed by atoms with Crippen molar-refractivity contribution in [2.24, 2.45) is 0 Å². The molecule has 2 bridgehead atoms. The Bertz CT molecular complexity index is 1210. The van der Waals surface area contributed by atoms with Gasteiger partial charge in [0.1, 0.15) is 5.82 Å². The highest BCUT2D eigenvalue weighted by molar-refractivity contribution is 5.94. The molecule has 1 aromatic carbocycles. The predicted molar refractivity (Wildman–Crippen MR) is 127 cm³/mol. The lowest BCUT2D eigenvalue weighted by molar-refractivity contribution is 0.124. The minimum atomic E-state index is -0.0141. The summed E-state index contributed by atoms with van der Waals surface area (Å²) in [6.45, 7) is 8.18. The second-order valence-electron chi connectivity index (χ2n) is 9.20. The van der Waals surface area contributed by atoms with Gasteiger partial charge in [0.05, 0.1) is 23.4 Å². The van der Waals surface area contributed by atoms with Crippen molar-refractivity contribution in [3.8, 4) is 6.07 Å². The van der Waals surface area contributed by atoms with Crippen LogP contribution in [-0.2, 0) is 0 Å². The molecule has 0 radical (unpaired) electrons. The largest absolute Gasteiger partial charge is 0.362 e. The van der Waals surface area contributed by atoms with Crippen LogP contribution in [0.15, 0.2) is 30.5 Å². The molecule has 3 aliphatic heterocycles. The highest BCUT2D eigenvalue weighted by atomic mass is 15.3. The Hall–Kier alpha value is -3.24. The summed E-state index contributed by atoms with van der Waals surface area (Å²) in [5.74, 6) is 1.77. The van der Waals surface area contributed by atoms with Crippen LogP contribution in [0.2, 0.25) is 0 Å². The highest BCUT2D eigenvalue weighted by Gasteiger charge is 2.37. The normalized spacial score (nSPS) is 21.5. The molecule has 0 unspecified atom stereocenters. The number of fused-ring (bicyclic) bond motifs is 4. The minimum Gasteiger partial charge on any atom is -0.362 e.